The van der Waals surface area contributed by atoms with E-state index in [-0.39, 0.29) is 0 Å². The van der Waals surface area contributed by atoms with E-state index in [1.54, 1.807) is 24.6 Å². The van der Waals surface area contributed by atoms with E-state index in [4.69, 9.17) is 25.2 Å². The van der Waals surface area contributed by atoms with Crippen molar-refractivity contribution in [2.75, 3.05) is 57.1 Å². The third kappa shape index (κ3) is 4.31. The lowest BCUT2D eigenvalue weighted by Crippen LogP contribution is -2.55. The molecule has 9 nitrogen and oxygen atoms in total. The molecule has 2 fully saturated rings. The zero-order valence-corrected chi connectivity index (χ0v) is 21.0. The second kappa shape index (κ2) is 8.92. The molecule has 3 N–H and O–H groups in total. The van der Waals surface area contributed by atoms with Crippen LogP contribution in [0.3, 0.4) is 0 Å². The van der Waals surface area contributed by atoms with Crippen molar-refractivity contribution in [3.8, 4) is 17.1 Å². The molecule has 34 heavy (non-hydrogen) atoms. The number of hydrogen-bond donors (Lipinski definition) is 2. The molecule has 182 valence electrons. The molecule has 0 aromatic carbocycles. The van der Waals surface area contributed by atoms with Crippen molar-refractivity contribution in [3.63, 3.8) is 0 Å². The van der Waals surface area contributed by atoms with Gasteiger partial charge in [-0.05, 0) is 26.8 Å². The van der Waals surface area contributed by atoms with Gasteiger partial charge in [-0.1, -0.05) is 0 Å². The van der Waals surface area contributed by atoms with Crippen molar-refractivity contribution in [1.82, 2.24) is 19.9 Å². The predicted octanol–water partition coefficient (Wildman–Crippen LogP) is 2.69. The Labute approximate surface area is 203 Å². The van der Waals surface area contributed by atoms with Gasteiger partial charge in [-0.2, -0.15) is 0 Å². The zero-order valence-electron chi connectivity index (χ0n) is 20.2. The van der Waals surface area contributed by atoms with Crippen LogP contribution in [0.25, 0.3) is 21.5 Å². The van der Waals surface area contributed by atoms with Crippen molar-refractivity contribution in [2.45, 2.75) is 32.9 Å². The van der Waals surface area contributed by atoms with Gasteiger partial charge in [0, 0.05) is 60.8 Å². The zero-order chi connectivity index (χ0) is 24.0. The summed E-state index contributed by atoms with van der Waals surface area (Å²) in [6, 6.07) is 1.87. The van der Waals surface area contributed by atoms with E-state index in [1.165, 1.54) is 10.4 Å². The molecule has 10 heteroatoms. The largest absolute Gasteiger partial charge is 0.480 e. The van der Waals surface area contributed by atoms with Crippen LogP contribution in [0.4, 0.5) is 11.6 Å². The monoisotopic (exact) mass is 484 g/mol. The molecule has 2 saturated heterocycles. The number of aryl methyl sites for hydroxylation is 1. The maximum absolute atomic E-state index is 10.3. The molecule has 0 aliphatic carbocycles. The Kier molecular flexibility index (Phi) is 6.09. The van der Waals surface area contributed by atoms with E-state index in [2.05, 4.69) is 21.7 Å². The summed E-state index contributed by atoms with van der Waals surface area (Å²) in [5.74, 6) is 1.40. The number of ether oxygens (including phenoxy) is 2. The molecular formula is C24H32N6O3S. The van der Waals surface area contributed by atoms with Gasteiger partial charge in [-0.3, -0.25) is 4.90 Å². The Morgan fingerprint density at radius 1 is 1.26 bits per heavy atom. The second-order valence-corrected chi connectivity index (χ2v) is 10.9. The van der Waals surface area contributed by atoms with Crippen LogP contribution >= 0.6 is 11.3 Å². The van der Waals surface area contributed by atoms with Crippen molar-refractivity contribution < 1.29 is 14.6 Å². The van der Waals surface area contributed by atoms with Gasteiger partial charge in [-0.25, -0.2) is 15.0 Å². The molecule has 0 bridgehead atoms. The normalized spacial score (nSPS) is 17.9. The number of aliphatic hydroxyl groups is 1. The molecule has 3 aromatic heterocycles. The van der Waals surface area contributed by atoms with Gasteiger partial charge in [0.2, 0.25) is 11.8 Å². The lowest BCUT2D eigenvalue weighted by Gasteiger charge is -2.45. The van der Waals surface area contributed by atoms with Crippen LogP contribution in [0.5, 0.6) is 5.88 Å². The number of pyridine rings is 1. The SMILES string of the molecule is COc1ncc(-c2nc(N3CCOCC3)nc3c(CN4CC(C(C)(C)O)C4)c(C)sc23)cc1N. The van der Waals surface area contributed by atoms with Gasteiger partial charge < -0.3 is 25.2 Å². The van der Waals surface area contributed by atoms with Gasteiger partial charge in [-0.15, -0.1) is 11.3 Å². The van der Waals surface area contributed by atoms with E-state index >= 15 is 0 Å². The minimum Gasteiger partial charge on any atom is -0.480 e. The number of anilines is 2. The van der Waals surface area contributed by atoms with Gasteiger partial charge in [0.1, 0.15) is 0 Å². The maximum atomic E-state index is 10.3. The van der Waals surface area contributed by atoms with Crippen LogP contribution in [0.1, 0.15) is 24.3 Å². The van der Waals surface area contributed by atoms with Crippen molar-refractivity contribution in [2.24, 2.45) is 5.92 Å². The number of methoxy groups -OCH3 is 1. The first-order valence-corrected chi connectivity index (χ1v) is 12.4. The van der Waals surface area contributed by atoms with Gasteiger partial charge in [0.05, 0.1) is 47.5 Å². The molecule has 5 heterocycles. The third-order valence-corrected chi connectivity index (χ3v) is 7.94. The topological polar surface area (TPSA) is 110 Å². The lowest BCUT2D eigenvalue weighted by molar-refractivity contribution is -0.0646. The summed E-state index contributed by atoms with van der Waals surface area (Å²) in [5.41, 5.74) is 9.91. The summed E-state index contributed by atoms with van der Waals surface area (Å²) in [6.07, 6.45) is 1.76. The number of nitrogens with two attached hydrogens (primary N) is 1. The smallest absolute Gasteiger partial charge is 0.236 e. The first-order valence-electron chi connectivity index (χ1n) is 11.6. The number of hydrogen-bond acceptors (Lipinski definition) is 10. The fourth-order valence-electron chi connectivity index (χ4n) is 4.55. The molecule has 0 amide bonds. The molecule has 0 spiro atoms. The molecule has 0 saturated carbocycles. The minimum absolute atomic E-state index is 0.292. The number of fused-ring (bicyclic) bond motifs is 1. The average Bonchev–Trinajstić information content (AvgIpc) is 3.09. The minimum atomic E-state index is -0.650. The van der Waals surface area contributed by atoms with Crippen LogP contribution < -0.4 is 15.4 Å². The van der Waals surface area contributed by atoms with Crippen LogP contribution in [0.2, 0.25) is 0 Å². The number of morpholine rings is 1. The summed E-state index contributed by atoms with van der Waals surface area (Å²) in [7, 11) is 1.56. The Morgan fingerprint density at radius 3 is 2.65 bits per heavy atom. The van der Waals surface area contributed by atoms with E-state index in [9.17, 15) is 5.11 Å². The van der Waals surface area contributed by atoms with Crippen LogP contribution in [0, 0.1) is 12.8 Å². The quantitative estimate of drug-likeness (QED) is 0.546. The van der Waals surface area contributed by atoms with E-state index in [1.807, 2.05) is 19.9 Å². The highest BCUT2D eigenvalue weighted by Gasteiger charge is 2.38. The van der Waals surface area contributed by atoms with E-state index < -0.39 is 5.60 Å². The Morgan fingerprint density at radius 2 is 2.00 bits per heavy atom. The lowest BCUT2D eigenvalue weighted by atomic mass is 9.84. The van der Waals surface area contributed by atoms with E-state index in [0.717, 1.165) is 54.2 Å². The number of nitrogen functional groups attached to an aromatic ring is 1. The molecule has 0 radical (unpaired) electrons. The Balaban J connectivity index is 1.57. The number of likely N-dealkylation sites (tertiary alicyclic amines) is 1. The summed E-state index contributed by atoms with van der Waals surface area (Å²) < 4.78 is 11.8. The second-order valence-electron chi connectivity index (χ2n) is 9.65. The number of nitrogens with zero attached hydrogens (tertiary/aromatic N) is 5. The standard InChI is InChI=1S/C24H32N6O3S/c1-14-17(13-29-11-16(12-29)24(2,3)31)20-21(34-14)19(15-9-18(25)22(32-4)26-10-15)27-23(28-20)30-5-7-33-8-6-30/h9-10,16,31H,5-8,11-13,25H2,1-4H3. The highest BCUT2D eigenvalue weighted by Crippen LogP contribution is 2.40. The summed E-state index contributed by atoms with van der Waals surface area (Å²) >= 11 is 1.71. The van der Waals surface area contributed by atoms with Crippen LogP contribution in [-0.4, -0.2) is 77.1 Å². The van der Waals surface area contributed by atoms with Crippen molar-refractivity contribution in [1.29, 1.82) is 0 Å². The summed E-state index contributed by atoms with van der Waals surface area (Å²) in [4.78, 5) is 20.2. The van der Waals surface area contributed by atoms with Gasteiger partial charge in [0.25, 0.3) is 0 Å². The molecule has 0 atom stereocenters. The van der Waals surface area contributed by atoms with Crippen molar-refractivity contribution in [3.05, 3.63) is 22.7 Å². The fraction of sp³-hybridized carbons (Fsp3) is 0.542. The van der Waals surface area contributed by atoms with Crippen LogP contribution in [0.15, 0.2) is 12.3 Å². The van der Waals surface area contributed by atoms with Gasteiger partial charge >= 0.3 is 0 Å². The predicted molar refractivity (Wildman–Crippen MR) is 134 cm³/mol. The highest BCUT2D eigenvalue weighted by atomic mass is 32.1. The summed E-state index contributed by atoms with van der Waals surface area (Å²) in [6.45, 7) is 11.3. The molecule has 3 aromatic rings. The van der Waals surface area contributed by atoms with Crippen molar-refractivity contribution >= 4 is 33.2 Å². The highest BCUT2D eigenvalue weighted by molar-refractivity contribution is 7.19. The first-order chi connectivity index (χ1) is 16.2. The number of aromatic nitrogens is 3. The summed E-state index contributed by atoms with van der Waals surface area (Å²) in [5, 5.41) is 10.3. The third-order valence-electron chi connectivity index (χ3n) is 6.80. The molecule has 2 aliphatic heterocycles. The molecular weight excluding hydrogens is 452 g/mol. The van der Waals surface area contributed by atoms with Gasteiger partial charge in [0.15, 0.2) is 0 Å². The number of rotatable bonds is 6. The maximum Gasteiger partial charge on any atom is 0.236 e. The Bertz CT molecular complexity index is 1200. The average molecular weight is 485 g/mol. The van der Waals surface area contributed by atoms with E-state index in [0.29, 0.717) is 36.6 Å². The van der Waals surface area contributed by atoms with Crippen LogP contribution in [-0.2, 0) is 11.3 Å². The first kappa shape index (κ1) is 23.2. The Hall–Kier alpha value is -2.53. The molecule has 5 rings (SSSR count). The number of thiophene rings is 1. The fourth-order valence-corrected chi connectivity index (χ4v) is 5.66. The molecule has 2 aliphatic rings. The molecule has 0 unspecified atom stereocenters.